The normalized spacial score (nSPS) is 22.7. The first-order valence-corrected chi connectivity index (χ1v) is 13.2. The molecule has 0 saturated carbocycles. The van der Waals surface area contributed by atoms with Crippen molar-refractivity contribution in [2.24, 2.45) is 0 Å². The molecule has 0 spiro atoms. The van der Waals surface area contributed by atoms with Gasteiger partial charge in [-0.25, -0.2) is 15.2 Å². The molecule has 198 valence electrons. The SMILES string of the molecule is COC(=O)[C@@H]1CCCN(C(=O)[C@@H](NC(=O)OC(C)(C)C)[C@@H](c2nc(Br)cs2)N2CCOC[C@@H]2C#N)N1. The van der Waals surface area contributed by atoms with Gasteiger partial charge in [0.15, 0.2) is 0 Å². The summed E-state index contributed by atoms with van der Waals surface area (Å²) >= 11 is 4.66. The van der Waals surface area contributed by atoms with Gasteiger partial charge in [0, 0.05) is 18.5 Å². The highest BCUT2D eigenvalue weighted by Crippen LogP contribution is 2.33. The smallest absolute Gasteiger partial charge is 0.408 e. The molecule has 3 rings (SSSR count). The number of nitrogens with one attached hydrogen (secondary N) is 2. The summed E-state index contributed by atoms with van der Waals surface area (Å²) in [5, 5.41) is 16.2. The molecule has 12 nitrogen and oxygen atoms in total. The fourth-order valence-electron chi connectivity index (χ4n) is 4.08. The number of morpholine rings is 1. The van der Waals surface area contributed by atoms with Crippen molar-refractivity contribution in [1.82, 2.24) is 25.6 Å². The Kier molecular flexibility index (Phi) is 9.65. The van der Waals surface area contributed by atoms with Gasteiger partial charge in [0.2, 0.25) is 0 Å². The van der Waals surface area contributed by atoms with E-state index in [1.54, 1.807) is 26.2 Å². The molecule has 4 atom stereocenters. The van der Waals surface area contributed by atoms with Crippen molar-refractivity contribution in [1.29, 1.82) is 5.26 Å². The summed E-state index contributed by atoms with van der Waals surface area (Å²) in [5.74, 6) is -0.976. The van der Waals surface area contributed by atoms with Gasteiger partial charge in [-0.2, -0.15) is 5.26 Å². The summed E-state index contributed by atoms with van der Waals surface area (Å²) in [6.07, 6.45) is 0.275. The van der Waals surface area contributed by atoms with E-state index in [4.69, 9.17) is 14.2 Å². The van der Waals surface area contributed by atoms with Crippen molar-refractivity contribution in [3.05, 3.63) is 15.0 Å². The monoisotopic (exact) mass is 586 g/mol. The molecule has 2 fully saturated rings. The number of thiazole rings is 1. The molecule has 2 amide bonds. The molecule has 0 bridgehead atoms. The van der Waals surface area contributed by atoms with Crippen LogP contribution < -0.4 is 10.7 Å². The molecule has 1 aromatic heterocycles. The van der Waals surface area contributed by atoms with E-state index < -0.39 is 47.7 Å². The number of carbonyl (C=O) groups is 3. The Morgan fingerprint density at radius 2 is 2.14 bits per heavy atom. The van der Waals surface area contributed by atoms with E-state index in [1.807, 2.05) is 4.90 Å². The average molecular weight is 587 g/mol. The first kappa shape index (κ1) is 28.3. The molecule has 0 radical (unpaired) electrons. The van der Waals surface area contributed by atoms with Crippen LogP contribution in [0.3, 0.4) is 0 Å². The van der Waals surface area contributed by atoms with Crippen molar-refractivity contribution in [2.45, 2.75) is 63.4 Å². The predicted octanol–water partition coefficient (Wildman–Crippen LogP) is 1.73. The zero-order chi connectivity index (χ0) is 26.5. The Labute approximate surface area is 222 Å². The number of carbonyl (C=O) groups excluding carboxylic acids is 3. The third kappa shape index (κ3) is 7.13. The Morgan fingerprint density at radius 1 is 1.39 bits per heavy atom. The van der Waals surface area contributed by atoms with Crippen LogP contribution in [-0.4, -0.2) is 90.0 Å². The van der Waals surface area contributed by atoms with Crippen LogP contribution in [0.2, 0.25) is 0 Å². The van der Waals surface area contributed by atoms with E-state index in [0.717, 1.165) is 0 Å². The number of esters is 1. The lowest BCUT2D eigenvalue weighted by atomic mass is 10.0. The number of halogens is 1. The minimum absolute atomic E-state index is 0.152. The fraction of sp³-hybridized carbons (Fsp3) is 0.682. The lowest BCUT2D eigenvalue weighted by Crippen LogP contribution is -2.63. The quantitative estimate of drug-likeness (QED) is 0.472. The molecule has 0 aliphatic carbocycles. The average Bonchev–Trinajstić information content (AvgIpc) is 3.27. The lowest BCUT2D eigenvalue weighted by molar-refractivity contribution is -0.151. The molecule has 0 unspecified atom stereocenters. The summed E-state index contributed by atoms with van der Waals surface area (Å²) in [6, 6.07) is -1.12. The topological polar surface area (TPSA) is 146 Å². The summed E-state index contributed by atoms with van der Waals surface area (Å²) in [6.45, 7) is 6.33. The van der Waals surface area contributed by atoms with Crippen molar-refractivity contribution >= 4 is 45.2 Å². The van der Waals surface area contributed by atoms with Crippen LogP contribution in [0.5, 0.6) is 0 Å². The molecule has 2 saturated heterocycles. The lowest BCUT2D eigenvalue weighted by Gasteiger charge is -2.42. The number of nitrogens with zero attached hydrogens (tertiary/aromatic N) is 4. The van der Waals surface area contributed by atoms with Gasteiger partial charge in [0.25, 0.3) is 5.91 Å². The maximum absolute atomic E-state index is 14.0. The van der Waals surface area contributed by atoms with E-state index in [9.17, 15) is 19.6 Å². The van der Waals surface area contributed by atoms with Crippen LogP contribution in [0.25, 0.3) is 0 Å². The highest BCUT2D eigenvalue weighted by Gasteiger charge is 2.44. The van der Waals surface area contributed by atoms with E-state index in [2.05, 4.69) is 37.7 Å². The molecular formula is C22H31BrN6O6S. The van der Waals surface area contributed by atoms with Crippen molar-refractivity contribution < 1.29 is 28.6 Å². The first-order valence-electron chi connectivity index (χ1n) is 11.5. The number of hydrazine groups is 1. The maximum atomic E-state index is 14.0. The van der Waals surface area contributed by atoms with E-state index in [1.165, 1.54) is 23.5 Å². The van der Waals surface area contributed by atoms with Crippen molar-refractivity contribution in [3.63, 3.8) is 0 Å². The predicted molar refractivity (Wildman–Crippen MR) is 133 cm³/mol. The zero-order valence-electron chi connectivity index (χ0n) is 20.7. The Morgan fingerprint density at radius 3 is 2.75 bits per heavy atom. The second kappa shape index (κ2) is 12.3. The van der Waals surface area contributed by atoms with Crippen LogP contribution in [0.4, 0.5) is 4.79 Å². The van der Waals surface area contributed by atoms with E-state index in [0.29, 0.717) is 42.1 Å². The number of methoxy groups -OCH3 is 1. The van der Waals surface area contributed by atoms with Gasteiger partial charge >= 0.3 is 12.1 Å². The number of hydrogen-bond donors (Lipinski definition) is 2. The van der Waals surface area contributed by atoms with Gasteiger partial charge in [0.05, 0.1) is 32.4 Å². The largest absolute Gasteiger partial charge is 0.468 e. The number of amides is 2. The number of alkyl carbamates (subject to hydrolysis) is 1. The number of hydrogen-bond acceptors (Lipinski definition) is 11. The Bertz CT molecular complexity index is 994. The van der Waals surface area contributed by atoms with Crippen molar-refractivity contribution in [3.8, 4) is 6.07 Å². The van der Waals surface area contributed by atoms with Crippen molar-refractivity contribution in [2.75, 3.05) is 33.4 Å². The third-order valence-electron chi connectivity index (χ3n) is 5.62. The fourth-order valence-corrected chi connectivity index (χ4v) is 5.50. The minimum Gasteiger partial charge on any atom is -0.468 e. The molecular weight excluding hydrogens is 556 g/mol. The van der Waals surface area contributed by atoms with Gasteiger partial charge < -0.3 is 19.5 Å². The Balaban J connectivity index is 2.01. The van der Waals surface area contributed by atoms with E-state index >= 15 is 0 Å². The number of aromatic nitrogens is 1. The summed E-state index contributed by atoms with van der Waals surface area (Å²) in [7, 11) is 1.29. The highest BCUT2D eigenvalue weighted by molar-refractivity contribution is 9.10. The van der Waals surface area contributed by atoms with Crippen LogP contribution in [0.1, 0.15) is 44.7 Å². The zero-order valence-corrected chi connectivity index (χ0v) is 23.1. The van der Waals surface area contributed by atoms with Gasteiger partial charge in [-0.1, -0.05) is 0 Å². The molecule has 3 heterocycles. The van der Waals surface area contributed by atoms with Gasteiger partial charge in [-0.05, 0) is 49.5 Å². The molecule has 2 aliphatic heterocycles. The molecule has 36 heavy (non-hydrogen) atoms. The van der Waals surface area contributed by atoms with Gasteiger partial charge in [-0.3, -0.25) is 19.5 Å². The molecule has 1 aromatic rings. The minimum atomic E-state index is -1.18. The second-order valence-corrected chi connectivity index (χ2v) is 11.1. The molecule has 14 heteroatoms. The first-order chi connectivity index (χ1) is 17.0. The summed E-state index contributed by atoms with van der Waals surface area (Å²) < 4.78 is 16.4. The summed E-state index contributed by atoms with van der Waals surface area (Å²) in [5.41, 5.74) is 2.13. The molecule has 2 aliphatic rings. The summed E-state index contributed by atoms with van der Waals surface area (Å²) in [4.78, 5) is 45.4. The molecule has 0 aromatic carbocycles. The highest BCUT2D eigenvalue weighted by atomic mass is 79.9. The van der Waals surface area contributed by atoms with Gasteiger partial charge in [0.1, 0.15) is 33.3 Å². The van der Waals surface area contributed by atoms with Gasteiger partial charge in [-0.15, -0.1) is 11.3 Å². The van der Waals surface area contributed by atoms with Crippen LogP contribution >= 0.6 is 27.3 Å². The van der Waals surface area contributed by atoms with Crippen LogP contribution in [0.15, 0.2) is 9.98 Å². The Hall–Kier alpha value is -2.31. The number of nitriles is 1. The molecule has 2 N–H and O–H groups in total. The maximum Gasteiger partial charge on any atom is 0.408 e. The standard InChI is InChI=1S/C22H31BrN6O6S/c1-22(2,3)35-21(32)26-16(19(30)29-7-5-6-14(27-29)20(31)33-4)17(18-25-15(23)12-36-18)28-8-9-34-11-13(28)10-24/h12-14,16-17,27H,5-9,11H2,1-4H3,(H,26,32)/t13-,14-,16-,17-/m0/s1. The van der Waals surface area contributed by atoms with Crippen LogP contribution in [-0.2, 0) is 23.8 Å². The third-order valence-corrected chi connectivity index (χ3v) is 7.24. The van der Waals surface area contributed by atoms with Crippen LogP contribution in [0, 0.1) is 11.3 Å². The number of rotatable bonds is 6. The number of ether oxygens (including phenoxy) is 3. The van der Waals surface area contributed by atoms with E-state index in [-0.39, 0.29) is 6.61 Å². The second-order valence-electron chi connectivity index (χ2n) is 9.37.